The van der Waals surface area contributed by atoms with E-state index < -0.39 is 5.60 Å². The van der Waals surface area contributed by atoms with Crippen molar-refractivity contribution in [2.75, 3.05) is 13.1 Å². The molecule has 2 aliphatic rings. The van der Waals surface area contributed by atoms with Crippen molar-refractivity contribution in [3.05, 3.63) is 33.4 Å². The Bertz CT molecular complexity index is 419. The van der Waals surface area contributed by atoms with Crippen LogP contribution in [0, 0.1) is 3.57 Å². The van der Waals surface area contributed by atoms with E-state index in [1.165, 1.54) is 34.9 Å². The average Bonchev–Trinajstić information content (AvgIpc) is 2.71. The number of aliphatic hydroxyl groups is 1. The Labute approximate surface area is 123 Å². The summed E-state index contributed by atoms with van der Waals surface area (Å²) < 4.78 is 1.26. The van der Waals surface area contributed by atoms with Gasteiger partial charge >= 0.3 is 0 Å². The van der Waals surface area contributed by atoms with Crippen LogP contribution in [0.5, 0.6) is 0 Å². The molecule has 98 valence electrons. The smallest absolute Gasteiger partial charge is 0.0854 e. The maximum Gasteiger partial charge on any atom is 0.0854 e. The fourth-order valence-electron chi connectivity index (χ4n) is 3.53. The highest BCUT2D eigenvalue weighted by molar-refractivity contribution is 14.1. The molecule has 2 atom stereocenters. The van der Waals surface area contributed by atoms with E-state index in [9.17, 15) is 5.11 Å². The van der Waals surface area contributed by atoms with Crippen molar-refractivity contribution in [3.8, 4) is 0 Å². The van der Waals surface area contributed by atoms with Crippen molar-refractivity contribution >= 4 is 22.6 Å². The molecule has 1 N–H and O–H groups in total. The first-order valence-corrected chi connectivity index (χ1v) is 7.96. The van der Waals surface area contributed by atoms with E-state index in [-0.39, 0.29) is 0 Å². The molecule has 2 saturated heterocycles. The fourth-order valence-corrected chi connectivity index (χ4v) is 3.89. The van der Waals surface area contributed by atoms with Gasteiger partial charge in [-0.05, 0) is 66.1 Å². The predicted molar refractivity (Wildman–Crippen MR) is 81.6 cm³/mol. The maximum absolute atomic E-state index is 11.0. The number of hydrogen-bond donors (Lipinski definition) is 1. The minimum Gasteiger partial charge on any atom is -0.388 e. The van der Waals surface area contributed by atoms with E-state index in [2.05, 4.69) is 51.8 Å². The van der Waals surface area contributed by atoms with Crippen LogP contribution in [0.4, 0.5) is 0 Å². The molecular weight excluding hydrogens is 337 g/mol. The largest absolute Gasteiger partial charge is 0.388 e. The predicted octanol–water partition coefficient (Wildman–Crippen LogP) is 2.82. The SMILES string of the molecule is OC1(Cc2ccc(I)cc2)CCN2CCCCC21. The first kappa shape index (κ1) is 12.9. The van der Waals surface area contributed by atoms with Gasteiger partial charge in [0, 0.05) is 22.6 Å². The Morgan fingerprint density at radius 3 is 2.78 bits per heavy atom. The van der Waals surface area contributed by atoms with Crippen LogP contribution in [0.15, 0.2) is 24.3 Å². The van der Waals surface area contributed by atoms with Crippen molar-refractivity contribution in [2.45, 2.75) is 43.7 Å². The minimum atomic E-state index is -0.493. The first-order chi connectivity index (χ1) is 8.67. The molecule has 1 aromatic rings. The summed E-state index contributed by atoms with van der Waals surface area (Å²) in [6, 6.07) is 8.97. The lowest BCUT2D eigenvalue weighted by molar-refractivity contribution is -0.00886. The third-order valence-corrected chi connectivity index (χ3v) is 5.21. The molecule has 2 fully saturated rings. The van der Waals surface area contributed by atoms with Crippen molar-refractivity contribution < 1.29 is 5.11 Å². The lowest BCUT2D eigenvalue weighted by Gasteiger charge is -2.37. The van der Waals surface area contributed by atoms with Crippen LogP contribution >= 0.6 is 22.6 Å². The molecule has 3 rings (SSSR count). The van der Waals surface area contributed by atoms with Gasteiger partial charge in [0.1, 0.15) is 0 Å². The Balaban J connectivity index is 1.76. The van der Waals surface area contributed by atoms with E-state index in [4.69, 9.17) is 0 Å². The van der Waals surface area contributed by atoms with Gasteiger partial charge in [-0.25, -0.2) is 0 Å². The summed E-state index contributed by atoms with van der Waals surface area (Å²) in [5.74, 6) is 0. The molecule has 0 aliphatic carbocycles. The second kappa shape index (κ2) is 5.10. The van der Waals surface area contributed by atoms with Gasteiger partial charge in [-0.1, -0.05) is 18.6 Å². The van der Waals surface area contributed by atoms with E-state index in [0.717, 1.165) is 19.4 Å². The molecule has 0 spiro atoms. The highest BCUT2D eigenvalue weighted by Gasteiger charge is 2.46. The topological polar surface area (TPSA) is 23.5 Å². The van der Waals surface area contributed by atoms with Crippen LogP contribution in [0.1, 0.15) is 31.2 Å². The zero-order chi connectivity index (χ0) is 12.6. The molecule has 3 heteroatoms. The van der Waals surface area contributed by atoms with E-state index in [1.807, 2.05) is 0 Å². The number of hydrogen-bond acceptors (Lipinski definition) is 2. The standard InChI is InChI=1S/C15H20INO/c16-13-6-4-12(5-7-13)11-15(18)8-10-17-9-2-1-3-14(15)17/h4-7,14,18H,1-3,8-11H2. The Morgan fingerprint density at radius 1 is 1.22 bits per heavy atom. The highest BCUT2D eigenvalue weighted by Crippen LogP contribution is 2.37. The van der Waals surface area contributed by atoms with Gasteiger partial charge in [0.2, 0.25) is 0 Å². The maximum atomic E-state index is 11.0. The van der Waals surface area contributed by atoms with Crippen molar-refractivity contribution in [2.24, 2.45) is 0 Å². The number of fused-ring (bicyclic) bond motifs is 1. The second-order valence-corrected chi connectivity index (χ2v) is 6.95. The molecule has 2 heterocycles. The summed E-state index contributed by atoms with van der Waals surface area (Å²) in [7, 11) is 0. The van der Waals surface area contributed by atoms with Gasteiger partial charge < -0.3 is 5.11 Å². The number of rotatable bonds is 2. The molecular formula is C15H20INO. The summed E-state index contributed by atoms with van der Waals surface area (Å²) in [4.78, 5) is 2.50. The number of benzene rings is 1. The molecule has 0 aromatic heterocycles. The molecule has 2 unspecified atom stereocenters. The van der Waals surface area contributed by atoms with Gasteiger partial charge in [0.05, 0.1) is 5.60 Å². The summed E-state index contributed by atoms with van der Waals surface area (Å²) in [5.41, 5.74) is 0.776. The van der Waals surface area contributed by atoms with Crippen molar-refractivity contribution in [1.82, 2.24) is 4.90 Å². The normalized spacial score (nSPS) is 32.4. The molecule has 0 saturated carbocycles. The first-order valence-electron chi connectivity index (χ1n) is 6.88. The van der Waals surface area contributed by atoms with E-state index in [1.54, 1.807) is 0 Å². The molecule has 0 radical (unpaired) electrons. The van der Waals surface area contributed by atoms with E-state index >= 15 is 0 Å². The van der Waals surface area contributed by atoms with Crippen LogP contribution in [-0.2, 0) is 6.42 Å². The van der Waals surface area contributed by atoms with Crippen LogP contribution in [0.2, 0.25) is 0 Å². The number of halogens is 1. The number of nitrogens with zero attached hydrogens (tertiary/aromatic N) is 1. The highest BCUT2D eigenvalue weighted by atomic mass is 127. The Kier molecular flexibility index (Phi) is 3.65. The Morgan fingerprint density at radius 2 is 2.00 bits per heavy atom. The van der Waals surface area contributed by atoms with Gasteiger partial charge in [-0.2, -0.15) is 0 Å². The third kappa shape index (κ3) is 2.45. The fraction of sp³-hybridized carbons (Fsp3) is 0.600. The van der Waals surface area contributed by atoms with Gasteiger partial charge in [0.15, 0.2) is 0 Å². The summed E-state index contributed by atoms with van der Waals surface area (Å²) in [6.45, 7) is 2.26. The molecule has 0 amide bonds. The lowest BCUT2D eigenvalue weighted by atomic mass is 9.84. The molecule has 2 aliphatic heterocycles. The van der Waals surface area contributed by atoms with Crippen LogP contribution in [-0.4, -0.2) is 34.7 Å². The zero-order valence-corrected chi connectivity index (χ0v) is 12.8. The molecule has 2 nitrogen and oxygen atoms in total. The molecule has 0 bridgehead atoms. The second-order valence-electron chi connectivity index (χ2n) is 5.70. The van der Waals surface area contributed by atoms with Gasteiger partial charge in [0.25, 0.3) is 0 Å². The van der Waals surface area contributed by atoms with Crippen LogP contribution in [0.3, 0.4) is 0 Å². The van der Waals surface area contributed by atoms with Crippen molar-refractivity contribution in [3.63, 3.8) is 0 Å². The average molecular weight is 357 g/mol. The Hall–Kier alpha value is -0.130. The summed E-state index contributed by atoms with van der Waals surface area (Å²) in [5, 5.41) is 11.0. The summed E-state index contributed by atoms with van der Waals surface area (Å²) >= 11 is 2.32. The summed E-state index contributed by atoms with van der Waals surface area (Å²) in [6.07, 6.45) is 5.49. The quantitative estimate of drug-likeness (QED) is 0.823. The molecule has 1 aromatic carbocycles. The van der Waals surface area contributed by atoms with Crippen LogP contribution in [0.25, 0.3) is 0 Å². The van der Waals surface area contributed by atoms with Gasteiger partial charge in [-0.3, -0.25) is 4.90 Å². The van der Waals surface area contributed by atoms with Crippen LogP contribution < -0.4 is 0 Å². The lowest BCUT2D eigenvalue weighted by Crippen LogP contribution is -2.48. The molecule has 18 heavy (non-hydrogen) atoms. The monoisotopic (exact) mass is 357 g/mol. The minimum absolute atomic E-state index is 0.394. The van der Waals surface area contributed by atoms with Crippen molar-refractivity contribution in [1.29, 1.82) is 0 Å². The number of piperidine rings is 1. The van der Waals surface area contributed by atoms with E-state index in [0.29, 0.717) is 6.04 Å². The van der Waals surface area contributed by atoms with Gasteiger partial charge in [-0.15, -0.1) is 0 Å². The zero-order valence-electron chi connectivity index (χ0n) is 10.6. The third-order valence-electron chi connectivity index (χ3n) is 4.49.